The molecule has 3 heterocycles. The first-order valence-corrected chi connectivity index (χ1v) is 7.12. The fraction of sp³-hybridized carbons (Fsp3) is 0.500. The number of hydrogen-bond acceptors (Lipinski definition) is 2. The number of carbonyl (C=O) groups is 1. The van der Waals surface area contributed by atoms with Gasteiger partial charge in [0.2, 0.25) is 5.91 Å². The van der Waals surface area contributed by atoms with Crippen LogP contribution < -0.4 is 0 Å². The first-order chi connectivity index (χ1) is 9.61. The molecule has 2 aliphatic heterocycles. The summed E-state index contributed by atoms with van der Waals surface area (Å²) < 4.78 is 2.02. The summed E-state index contributed by atoms with van der Waals surface area (Å²) >= 11 is 0. The molecule has 0 N–H and O–H groups in total. The molecule has 109 valence electrons. The second-order valence-electron chi connectivity index (χ2n) is 5.43. The standard InChI is InChI=1S/C16H19N3O.Y/c1-4-13-6-5-8-19-16(11(13)2)14-10-18(12(3)20)9-7-15(14)17-19;/h2H,5-10H2,1,3H3;/q-2;. The summed E-state index contributed by atoms with van der Waals surface area (Å²) in [6.45, 7) is 12.1. The van der Waals surface area contributed by atoms with Crippen molar-refractivity contribution < 1.29 is 37.5 Å². The first-order valence-electron chi connectivity index (χ1n) is 7.12. The summed E-state index contributed by atoms with van der Waals surface area (Å²) in [6, 6.07) is 0. The van der Waals surface area contributed by atoms with Gasteiger partial charge in [-0.25, -0.2) is 0 Å². The Hall–Kier alpha value is -0.736. The van der Waals surface area contributed by atoms with Crippen LogP contribution in [-0.4, -0.2) is 27.1 Å². The number of carbonyl (C=O) groups excluding carboxylic acids is 1. The first kappa shape index (κ1) is 16.6. The van der Waals surface area contributed by atoms with E-state index in [-0.39, 0.29) is 38.6 Å². The molecule has 1 radical (unpaired) electrons. The predicted molar refractivity (Wildman–Crippen MR) is 76.4 cm³/mol. The normalized spacial score (nSPS) is 19.6. The van der Waals surface area contributed by atoms with Crippen LogP contribution in [0.25, 0.3) is 5.57 Å². The maximum absolute atomic E-state index is 11.6. The smallest absolute Gasteiger partial charge is 0.219 e. The van der Waals surface area contributed by atoms with E-state index in [2.05, 4.69) is 6.08 Å². The number of amides is 1. The van der Waals surface area contributed by atoms with Gasteiger partial charge >= 0.3 is 0 Å². The summed E-state index contributed by atoms with van der Waals surface area (Å²) in [6.07, 6.45) is 5.98. The van der Waals surface area contributed by atoms with Gasteiger partial charge in [-0.1, -0.05) is 5.56 Å². The summed E-state index contributed by atoms with van der Waals surface area (Å²) in [5.74, 6) is 0.112. The third-order valence-corrected chi connectivity index (χ3v) is 4.23. The zero-order valence-electron chi connectivity index (χ0n) is 12.6. The quantitative estimate of drug-likeness (QED) is 0.667. The second-order valence-corrected chi connectivity index (χ2v) is 5.43. The number of nitrogens with zero attached hydrogens (tertiary/aromatic N) is 3. The largest absolute Gasteiger partial charge is 0.344 e. The molecule has 2 aliphatic rings. The number of rotatable bonds is 0. The van der Waals surface area contributed by atoms with E-state index in [1.54, 1.807) is 6.92 Å². The van der Waals surface area contributed by atoms with Crippen LogP contribution in [0.5, 0.6) is 0 Å². The Bertz CT molecular complexity index is 615. The van der Waals surface area contributed by atoms with Crippen LogP contribution in [0, 0.1) is 12.7 Å². The van der Waals surface area contributed by atoms with Gasteiger partial charge in [-0.15, -0.1) is 19.0 Å². The molecule has 1 aromatic rings. The van der Waals surface area contributed by atoms with E-state index in [0.717, 1.165) is 60.4 Å². The van der Waals surface area contributed by atoms with Gasteiger partial charge in [0.25, 0.3) is 0 Å². The molecule has 0 fully saturated rings. The van der Waals surface area contributed by atoms with Gasteiger partial charge in [0.05, 0.1) is 5.69 Å². The van der Waals surface area contributed by atoms with Crippen LogP contribution in [0.3, 0.4) is 0 Å². The van der Waals surface area contributed by atoms with Crippen molar-refractivity contribution >= 4 is 11.5 Å². The molecule has 0 unspecified atom stereocenters. The summed E-state index contributed by atoms with van der Waals surface area (Å²) in [7, 11) is 0. The summed E-state index contributed by atoms with van der Waals surface area (Å²) in [4.78, 5) is 13.5. The molecule has 0 saturated heterocycles. The maximum Gasteiger partial charge on any atom is 0.219 e. The molecule has 0 atom stereocenters. The molecule has 0 spiro atoms. The molecule has 5 heteroatoms. The van der Waals surface area contributed by atoms with Gasteiger partial charge in [0.1, 0.15) is 0 Å². The molecule has 0 aromatic carbocycles. The fourth-order valence-electron chi connectivity index (χ4n) is 3.10. The molecule has 3 rings (SSSR count). The maximum atomic E-state index is 11.6. The van der Waals surface area contributed by atoms with Crippen LogP contribution in [0.15, 0.2) is 5.57 Å². The molecular weight excluding hydrogens is 339 g/mol. The van der Waals surface area contributed by atoms with Gasteiger partial charge in [0, 0.05) is 65.7 Å². The third-order valence-electron chi connectivity index (χ3n) is 4.23. The topological polar surface area (TPSA) is 38.1 Å². The van der Waals surface area contributed by atoms with Crippen LogP contribution >= 0.6 is 0 Å². The van der Waals surface area contributed by atoms with Gasteiger partial charge in [-0.3, -0.25) is 4.79 Å². The monoisotopic (exact) mass is 358 g/mol. The van der Waals surface area contributed by atoms with Crippen molar-refractivity contribution in [1.82, 2.24) is 14.7 Å². The number of allylic oxidation sites excluding steroid dienone is 3. The molecule has 1 amide bonds. The zero-order chi connectivity index (χ0) is 14.3. The van der Waals surface area contributed by atoms with Crippen molar-refractivity contribution in [2.75, 3.05) is 6.54 Å². The van der Waals surface area contributed by atoms with Gasteiger partial charge in [0.15, 0.2) is 0 Å². The van der Waals surface area contributed by atoms with E-state index in [9.17, 15) is 4.79 Å². The average molecular weight is 358 g/mol. The van der Waals surface area contributed by atoms with E-state index >= 15 is 0 Å². The second kappa shape index (κ2) is 6.57. The number of aromatic nitrogens is 2. The van der Waals surface area contributed by atoms with Crippen LogP contribution in [-0.2, 0) is 57.0 Å². The van der Waals surface area contributed by atoms with E-state index in [4.69, 9.17) is 11.7 Å². The Kier molecular flexibility index (Phi) is 5.21. The van der Waals surface area contributed by atoms with Gasteiger partial charge in [-0.2, -0.15) is 5.10 Å². The van der Waals surface area contributed by atoms with Crippen molar-refractivity contribution in [1.29, 1.82) is 0 Å². The van der Waals surface area contributed by atoms with Crippen molar-refractivity contribution in [2.24, 2.45) is 0 Å². The summed E-state index contributed by atoms with van der Waals surface area (Å²) in [5, 5.41) is 4.70. The molecule has 0 bridgehead atoms. The molecular formula is C16H19N3OY-2. The van der Waals surface area contributed by atoms with E-state index < -0.39 is 0 Å². The zero-order valence-corrected chi connectivity index (χ0v) is 15.5. The van der Waals surface area contributed by atoms with Crippen molar-refractivity contribution in [3.8, 4) is 0 Å². The Morgan fingerprint density at radius 2 is 2.10 bits per heavy atom. The predicted octanol–water partition coefficient (Wildman–Crippen LogP) is 2.14. The Labute approximate surface area is 151 Å². The molecule has 0 aliphatic carbocycles. The SMILES string of the molecule is [CH-]=C1C(=[C-]C)CCCn2nc3c(c21)CN(C(C)=O)CC3.[Y]. The van der Waals surface area contributed by atoms with Crippen molar-refractivity contribution in [3.05, 3.63) is 35.2 Å². The molecule has 21 heavy (non-hydrogen) atoms. The minimum atomic E-state index is 0. The van der Waals surface area contributed by atoms with Crippen molar-refractivity contribution in [3.63, 3.8) is 0 Å². The van der Waals surface area contributed by atoms with E-state index in [1.807, 2.05) is 16.5 Å². The molecule has 0 saturated carbocycles. The van der Waals surface area contributed by atoms with E-state index in [1.165, 1.54) is 0 Å². The summed E-state index contributed by atoms with van der Waals surface area (Å²) in [5.41, 5.74) is 5.08. The van der Waals surface area contributed by atoms with Gasteiger partial charge < -0.3 is 33.4 Å². The number of fused-ring (bicyclic) bond motifs is 3. The van der Waals surface area contributed by atoms with E-state index in [0.29, 0.717) is 6.54 Å². The Morgan fingerprint density at radius 1 is 1.33 bits per heavy atom. The third kappa shape index (κ3) is 2.93. The van der Waals surface area contributed by atoms with Crippen LogP contribution in [0.2, 0.25) is 0 Å². The number of aryl methyl sites for hydroxylation is 1. The minimum Gasteiger partial charge on any atom is -0.344 e. The fourth-order valence-corrected chi connectivity index (χ4v) is 3.10. The average Bonchev–Trinajstić information content (AvgIpc) is 2.72. The minimum absolute atomic E-state index is 0. The molecule has 1 aromatic heterocycles. The molecule has 4 nitrogen and oxygen atoms in total. The van der Waals surface area contributed by atoms with Gasteiger partial charge in [-0.05, 0) is 6.42 Å². The number of hydrogen-bond donors (Lipinski definition) is 0. The Balaban J connectivity index is 0.00000161. The Morgan fingerprint density at radius 3 is 2.76 bits per heavy atom. The van der Waals surface area contributed by atoms with Crippen LogP contribution in [0.4, 0.5) is 0 Å². The van der Waals surface area contributed by atoms with Crippen LogP contribution in [0.1, 0.15) is 43.6 Å². The van der Waals surface area contributed by atoms with Crippen molar-refractivity contribution in [2.45, 2.75) is 46.2 Å².